The fraction of sp³-hybridized carbons (Fsp3) is 0.0714. The van der Waals surface area contributed by atoms with Crippen molar-refractivity contribution in [1.29, 1.82) is 0 Å². The molecule has 0 aliphatic rings. The molecule has 7 nitrogen and oxygen atoms in total. The van der Waals surface area contributed by atoms with Gasteiger partial charge in [-0.25, -0.2) is 4.98 Å². The summed E-state index contributed by atoms with van der Waals surface area (Å²) in [5.74, 6) is -0.456. The Morgan fingerprint density at radius 3 is 2.35 bits per heavy atom. The molecule has 3 N–H and O–H groups in total. The van der Waals surface area contributed by atoms with E-state index in [2.05, 4.69) is 5.32 Å². The van der Waals surface area contributed by atoms with Crippen LogP contribution in [0.1, 0.15) is 20.8 Å². The zero-order valence-corrected chi connectivity index (χ0v) is 21.5. The van der Waals surface area contributed by atoms with E-state index in [0.717, 1.165) is 27.9 Å². The van der Waals surface area contributed by atoms with Gasteiger partial charge in [0.1, 0.15) is 9.71 Å². The van der Waals surface area contributed by atoms with E-state index in [9.17, 15) is 14.9 Å². The lowest BCUT2D eigenvalue weighted by Gasteiger charge is -2.10. The van der Waals surface area contributed by atoms with Crippen LogP contribution in [0.3, 0.4) is 0 Å². The first-order chi connectivity index (χ1) is 17.7. The van der Waals surface area contributed by atoms with Gasteiger partial charge in [0, 0.05) is 28.1 Å². The van der Waals surface area contributed by atoms with E-state index in [1.54, 1.807) is 25.1 Å². The summed E-state index contributed by atoms with van der Waals surface area (Å²) in [6.45, 7) is 3.79. The third-order valence-electron chi connectivity index (χ3n) is 6.09. The fourth-order valence-corrected chi connectivity index (χ4v) is 5.20. The van der Waals surface area contributed by atoms with E-state index in [1.807, 2.05) is 49.4 Å². The molecule has 0 atom stereocenters. The molecule has 5 rings (SSSR count). The van der Waals surface area contributed by atoms with Gasteiger partial charge in [-0.3, -0.25) is 14.9 Å². The minimum Gasteiger partial charge on any atom is -0.397 e. The number of nitro groups is 1. The summed E-state index contributed by atoms with van der Waals surface area (Å²) < 4.78 is 0. The monoisotopic (exact) mass is 528 g/mol. The highest BCUT2D eigenvalue weighted by Gasteiger charge is 2.23. The van der Waals surface area contributed by atoms with Gasteiger partial charge in [0.2, 0.25) is 0 Å². The van der Waals surface area contributed by atoms with E-state index < -0.39 is 10.8 Å². The molecule has 0 radical (unpaired) electrons. The Labute approximate surface area is 221 Å². The number of hydrogen-bond donors (Lipinski definition) is 2. The van der Waals surface area contributed by atoms with E-state index in [4.69, 9.17) is 22.3 Å². The van der Waals surface area contributed by atoms with Crippen molar-refractivity contribution in [3.8, 4) is 22.4 Å². The molecular formula is C28H21ClN4O3S. The van der Waals surface area contributed by atoms with Crippen molar-refractivity contribution < 1.29 is 9.72 Å². The predicted molar refractivity (Wildman–Crippen MR) is 150 cm³/mol. The second kappa shape index (κ2) is 9.65. The van der Waals surface area contributed by atoms with Crippen LogP contribution in [-0.4, -0.2) is 15.8 Å². The molecule has 9 heteroatoms. The highest BCUT2D eigenvalue weighted by atomic mass is 35.5. The summed E-state index contributed by atoms with van der Waals surface area (Å²) in [6, 6.07) is 21.7. The van der Waals surface area contributed by atoms with Crippen LogP contribution in [-0.2, 0) is 0 Å². The number of aryl methyl sites for hydroxylation is 2. The van der Waals surface area contributed by atoms with Gasteiger partial charge in [0.15, 0.2) is 0 Å². The number of nitrogens with zero attached hydrogens (tertiary/aromatic N) is 2. The van der Waals surface area contributed by atoms with Crippen molar-refractivity contribution in [1.82, 2.24) is 4.98 Å². The summed E-state index contributed by atoms with van der Waals surface area (Å²) >= 11 is 7.31. The van der Waals surface area contributed by atoms with E-state index in [-0.39, 0.29) is 10.6 Å². The molecule has 0 spiro atoms. The normalized spacial score (nSPS) is 11.0. The molecular weight excluding hydrogens is 508 g/mol. The number of rotatable bonds is 5. The number of fused-ring (bicyclic) bond motifs is 1. The van der Waals surface area contributed by atoms with Gasteiger partial charge in [0.25, 0.3) is 11.6 Å². The van der Waals surface area contributed by atoms with Crippen LogP contribution in [0.15, 0.2) is 72.8 Å². The second-order valence-corrected chi connectivity index (χ2v) is 10.1. The van der Waals surface area contributed by atoms with Crippen LogP contribution >= 0.6 is 22.9 Å². The molecule has 3 aromatic carbocycles. The number of carbonyl (C=O) groups is 1. The standard InChI is InChI=1S/C28H21ClN4O3S/c1-15-3-6-18(7-4-15)23-14-21(17-8-10-19(29)11-9-17)24-25(30)26(37-28(24)32-23)27(34)31-22-13-20(33(35)36)12-5-16(22)2/h3-14H,30H2,1-2H3,(H,31,34). The maximum Gasteiger partial charge on any atom is 0.271 e. The molecule has 5 aromatic rings. The summed E-state index contributed by atoms with van der Waals surface area (Å²) in [4.78, 5) is 29.8. The van der Waals surface area contributed by atoms with Crippen LogP contribution in [0.2, 0.25) is 5.02 Å². The van der Waals surface area contributed by atoms with Gasteiger partial charge >= 0.3 is 0 Å². The number of nitro benzene ring substituents is 1. The quantitative estimate of drug-likeness (QED) is 0.180. The first-order valence-corrected chi connectivity index (χ1v) is 12.5. The number of benzene rings is 3. The first-order valence-electron chi connectivity index (χ1n) is 11.3. The maximum atomic E-state index is 13.3. The number of nitrogens with one attached hydrogen (secondary N) is 1. The lowest BCUT2D eigenvalue weighted by molar-refractivity contribution is -0.384. The number of amides is 1. The number of hydrogen-bond acceptors (Lipinski definition) is 6. The van der Waals surface area contributed by atoms with Crippen molar-refractivity contribution in [2.45, 2.75) is 13.8 Å². The number of nitrogen functional groups attached to an aromatic ring is 1. The van der Waals surface area contributed by atoms with Crippen LogP contribution in [0.25, 0.3) is 32.6 Å². The minimum absolute atomic E-state index is 0.111. The Morgan fingerprint density at radius 1 is 1.00 bits per heavy atom. The second-order valence-electron chi connectivity index (χ2n) is 8.66. The predicted octanol–water partition coefficient (Wildman–Crippen LogP) is 7.64. The number of carbonyl (C=O) groups excluding carboxylic acids is 1. The SMILES string of the molecule is Cc1ccc(-c2cc(-c3ccc(Cl)cc3)c3c(N)c(C(=O)Nc4cc([N+](=O)[O-])ccc4C)sc3n2)cc1. The molecule has 37 heavy (non-hydrogen) atoms. The Balaban J connectivity index is 1.65. The summed E-state index contributed by atoms with van der Waals surface area (Å²) in [5, 5.41) is 15.3. The Hall–Kier alpha value is -4.27. The molecule has 0 bridgehead atoms. The maximum absolute atomic E-state index is 13.3. The highest BCUT2D eigenvalue weighted by molar-refractivity contribution is 7.21. The fourth-order valence-electron chi connectivity index (χ4n) is 4.06. The Kier molecular flexibility index (Phi) is 6.37. The molecule has 1 amide bonds. The van der Waals surface area contributed by atoms with E-state index in [1.165, 1.54) is 23.5 Å². The van der Waals surface area contributed by atoms with Gasteiger partial charge < -0.3 is 11.1 Å². The van der Waals surface area contributed by atoms with Gasteiger partial charge in [-0.05, 0) is 48.7 Å². The van der Waals surface area contributed by atoms with Crippen LogP contribution < -0.4 is 11.1 Å². The number of pyridine rings is 1. The molecule has 0 saturated carbocycles. The molecule has 0 fully saturated rings. The molecule has 2 heterocycles. The van der Waals surface area contributed by atoms with E-state index in [0.29, 0.717) is 32.2 Å². The van der Waals surface area contributed by atoms with Crippen molar-refractivity contribution in [2.75, 3.05) is 11.1 Å². The lowest BCUT2D eigenvalue weighted by atomic mass is 9.99. The highest BCUT2D eigenvalue weighted by Crippen LogP contribution is 2.42. The Bertz CT molecular complexity index is 1680. The minimum atomic E-state index is -0.502. The number of nitrogens with two attached hydrogens (primary N) is 1. The molecule has 0 saturated heterocycles. The third-order valence-corrected chi connectivity index (χ3v) is 7.44. The molecule has 184 valence electrons. The molecule has 0 aliphatic heterocycles. The van der Waals surface area contributed by atoms with Gasteiger partial charge in [-0.15, -0.1) is 11.3 Å². The number of non-ortho nitro benzene ring substituents is 1. The van der Waals surface area contributed by atoms with Crippen LogP contribution in [0.5, 0.6) is 0 Å². The van der Waals surface area contributed by atoms with Crippen molar-refractivity contribution in [3.63, 3.8) is 0 Å². The van der Waals surface area contributed by atoms with Crippen molar-refractivity contribution in [3.05, 3.63) is 104 Å². The zero-order chi connectivity index (χ0) is 26.3. The molecule has 2 aromatic heterocycles. The number of halogens is 1. The molecule has 0 unspecified atom stereocenters. The van der Waals surface area contributed by atoms with Crippen molar-refractivity contribution in [2.24, 2.45) is 0 Å². The average Bonchev–Trinajstić information content (AvgIpc) is 3.22. The summed E-state index contributed by atoms with van der Waals surface area (Å²) in [5.41, 5.74) is 12.3. The van der Waals surface area contributed by atoms with E-state index >= 15 is 0 Å². The smallest absolute Gasteiger partial charge is 0.271 e. The molecule has 0 aliphatic carbocycles. The number of anilines is 2. The van der Waals surface area contributed by atoms with Crippen molar-refractivity contribution >= 4 is 56.1 Å². The number of aromatic nitrogens is 1. The third kappa shape index (κ3) is 4.76. The van der Waals surface area contributed by atoms with Gasteiger partial charge in [-0.1, -0.05) is 59.6 Å². The van der Waals surface area contributed by atoms with Gasteiger partial charge in [0.05, 0.1) is 22.0 Å². The topological polar surface area (TPSA) is 111 Å². The Morgan fingerprint density at radius 2 is 1.68 bits per heavy atom. The summed E-state index contributed by atoms with van der Waals surface area (Å²) in [7, 11) is 0. The van der Waals surface area contributed by atoms with Crippen LogP contribution in [0.4, 0.5) is 17.1 Å². The zero-order valence-electron chi connectivity index (χ0n) is 19.9. The van der Waals surface area contributed by atoms with Crippen LogP contribution in [0, 0.1) is 24.0 Å². The first kappa shape index (κ1) is 24.4. The lowest BCUT2D eigenvalue weighted by Crippen LogP contribution is -2.13. The van der Waals surface area contributed by atoms with Gasteiger partial charge in [-0.2, -0.15) is 0 Å². The average molecular weight is 529 g/mol. The summed E-state index contributed by atoms with van der Waals surface area (Å²) in [6.07, 6.45) is 0. The number of thiophene rings is 1. The largest absolute Gasteiger partial charge is 0.397 e.